The van der Waals surface area contributed by atoms with Crippen molar-refractivity contribution in [2.75, 3.05) is 0 Å². The number of benzene rings is 1. The van der Waals surface area contributed by atoms with Crippen LogP contribution < -0.4 is 0 Å². The normalized spacial score (nSPS) is 11.2. The smallest absolute Gasteiger partial charge is 0.163 e. The third-order valence-corrected chi connectivity index (χ3v) is 3.82. The molecular weight excluding hydrogens is 298 g/mol. The second-order valence-corrected chi connectivity index (χ2v) is 5.52. The molecule has 0 unspecified atom stereocenters. The zero-order valence-electron chi connectivity index (χ0n) is 11.8. The van der Waals surface area contributed by atoms with E-state index < -0.39 is 0 Å². The van der Waals surface area contributed by atoms with E-state index in [1.807, 2.05) is 49.9 Å². The molecule has 1 aromatic carbocycles. The van der Waals surface area contributed by atoms with Gasteiger partial charge in [-0.2, -0.15) is 10.2 Å². The van der Waals surface area contributed by atoms with Crippen LogP contribution >= 0.6 is 11.6 Å². The third-order valence-electron chi connectivity index (χ3n) is 3.57. The van der Waals surface area contributed by atoms with E-state index in [2.05, 4.69) is 21.2 Å². The van der Waals surface area contributed by atoms with Gasteiger partial charge in [0.2, 0.25) is 0 Å². The fraction of sp³-hybridized carbons (Fsp3) is 0.0625. The van der Waals surface area contributed by atoms with Crippen LogP contribution in [0.15, 0.2) is 55.2 Å². The molecular formula is C16H12ClN5. The summed E-state index contributed by atoms with van der Waals surface area (Å²) >= 11 is 5.97. The average molecular weight is 310 g/mol. The minimum absolute atomic E-state index is 0.720. The number of rotatable bonds is 2. The molecule has 0 saturated carbocycles. The molecule has 0 aliphatic heterocycles. The van der Waals surface area contributed by atoms with Gasteiger partial charge in [-0.3, -0.25) is 4.68 Å². The molecule has 0 saturated heterocycles. The Hall–Kier alpha value is -2.66. The number of pyridine rings is 1. The van der Waals surface area contributed by atoms with Crippen LogP contribution in [0.5, 0.6) is 0 Å². The Bertz CT molecular complexity index is 952. The van der Waals surface area contributed by atoms with Crippen LogP contribution in [0, 0.1) is 0 Å². The molecule has 0 fully saturated rings. The standard InChI is InChI=1S/C16H12ClN5/c1-21-8-13(7-19-21)15-6-12(9-22-16(15)18-10-20-22)11-2-4-14(17)5-3-11/h2-10H,1H3. The first-order valence-electron chi connectivity index (χ1n) is 6.79. The summed E-state index contributed by atoms with van der Waals surface area (Å²) in [5.74, 6) is 0. The number of hydrogen-bond acceptors (Lipinski definition) is 3. The van der Waals surface area contributed by atoms with E-state index in [0.717, 1.165) is 32.9 Å². The molecule has 3 heterocycles. The molecule has 22 heavy (non-hydrogen) atoms. The number of aromatic nitrogens is 5. The molecule has 0 amide bonds. The highest BCUT2D eigenvalue weighted by atomic mass is 35.5. The average Bonchev–Trinajstić information content (AvgIpc) is 3.15. The van der Waals surface area contributed by atoms with Gasteiger partial charge in [0.1, 0.15) is 6.33 Å². The summed E-state index contributed by atoms with van der Waals surface area (Å²) < 4.78 is 3.56. The van der Waals surface area contributed by atoms with Gasteiger partial charge in [-0.15, -0.1) is 0 Å². The highest BCUT2D eigenvalue weighted by Crippen LogP contribution is 2.29. The number of halogens is 1. The summed E-state index contributed by atoms with van der Waals surface area (Å²) in [5.41, 5.74) is 4.94. The molecule has 0 bridgehead atoms. The summed E-state index contributed by atoms with van der Waals surface area (Å²) in [7, 11) is 1.90. The predicted molar refractivity (Wildman–Crippen MR) is 85.6 cm³/mol. The molecule has 0 atom stereocenters. The first-order chi connectivity index (χ1) is 10.7. The summed E-state index contributed by atoms with van der Waals surface area (Å²) in [5, 5.41) is 9.23. The van der Waals surface area contributed by atoms with Crippen LogP contribution in [-0.2, 0) is 7.05 Å². The summed E-state index contributed by atoms with van der Waals surface area (Å²) in [6.45, 7) is 0. The zero-order chi connectivity index (χ0) is 15.1. The number of aryl methyl sites for hydroxylation is 1. The zero-order valence-corrected chi connectivity index (χ0v) is 12.6. The third kappa shape index (κ3) is 2.16. The molecule has 0 radical (unpaired) electrons. The van der Waals surface area contributed by atoms with E-state index in [1.165, 1.54) is 0 Å². The maximum absolute atomic E-state index is 5.97. The van der Waals surface area contributed by atoms with Gasteiger partial charge in [-0.1, -0.05) is 23.7 Å². The number of hydrogen-bond donors (Lipinski definition) is 0. The Morgan fingerprint density at radius 1 is 0.955 bits per heavy atom. The molecule has 0 spiro atoms. The van der Waals surface area contributed by atoms with Crippen LogP contribution in [0.25, 0.3) is 27.9 Å². The lowest BCUT2D eigenvalue weighted by Gasteiger charge is -2.07. The molecule has 5 nitrogen and oxygen atoms in total. The summed E-state index contributed by atoms with van der Waals surface area (Å²) in [4.78, 5) is 4.35. The molecule has 108 valence electrons. The van der Waals surface area contributed by atoms with Crippen molar-refractivity contribution in [3.63, 3.8) is 0 Å². The minimum Gasteiger partial charge on any atom is -0.275 e. The maximum atomic E-state index is 5.97. The Labute approximate surface area is 131 Å². The van der Waals surface area contributed by atoms with Gasteiger partial charge in [-0.05, 0) is 23.8 Å². The Balaban J connectivity index is 1.95. The number of nitrogens with zero attached hydrogens (tertiary/aromatic N) is 5. The molecule has 4 rings (SSSR count). The van der Waals surface area contributed by atoms with Gasteiger partial charge in [0, 0.05) is 41.2 Å². The maximum Gasteiger partial charge on any atom is 0.163 e. The van der Waals surface area contributed by atoms with Gasteiger partial charge in [0.15, 0.2) is 5.65 Å². The summed E-state index contributed by atoms with van der Waals surface area (Å²) in [6, 6.07) is 9.85. The second-order valence-electron chi connectivity index (χ2n) is 5.08. The van der Waals surface area contributed by atoms with Gasteiger partial charge in [-0.25, -0.2) is 9.50 Å². The van der Waals surface area contributed by atoms with Crippen molar-refractivity contribution in [1.29, 1.82) is 0 Å². The van der Waals surface area contributed by atoms with Crippen LogP contribution in [-0.4, -0.2) is 24.4 Å². The first-order valence-corrected chi connectivity index (χ1v) is 7.17. The van der Waals surface area contributed by atoms with Crippen LogP contribution in [0.2, 0.25) is 5.02 Å². The molecule has 0 aliphatic carbocycles. The Kier molecular flexibility index (Phi) is 2.94. The van der Waals surface area contributed by atoms with E-state index in [1.54, 1.807) is 15.5 Å². The Morgan fingerprint density at radius 3 is 2.50 bits per heavy atom. The highest BCUT2D eigenvalue weighted by Gasteiger charge is 2.11. The quantitative estimate of drug-likeness (QED) is 0.570. The SMILES string of the molecule is Cn1cc(-c2cc(-c3ccc(Cl)cc3)cn3ncnc23)cn1. The van der Waals surface area contributed by atoms with E-state index in [0.29, 0.717) is 0 Å². The predicted octanol–water partition coefficient (Wildman–Crippen LogP) is 3.45. The molecule has 4 aromatic rings. The Morgan fingerprint density at radius 2 is 1.77 bits per heavy atom. The lowest BCUT2D eigenvalue weighted by molar-refractivity contribution is 0.768. The van der Waals surface area contributed by atoms with Crippen molar-refractivity contribution in [2.45, 2.75) is 0 Å². The van der Waals surface area contributed by atoms with Gasteiger partial charge < -0.3 is 0 Å². The minimum atomic E-state index is 0.720. The molecule has 6 heteroatoms. The van der Waals surface area contributed by atoms with E-state index >= 15 is 0 Å². The van der Waals surface area contributed by atoms with Crippen LogP contribution in [0.1, 0.15) is 0 Å². The van der Waals surface area contributed by atoms with Crippen molar-refractivity contribution in [1.82, 2.24) is 24.4 Å². The fourth-order valence-corrected chi connectivity index (χ4v) is 2.63. The van der Waals surface area contributed by atoms with Crippen LogP contribution in [0.3, 0.4) is 0 Å². The monoisotopic (exact) mass is 309 g/mol. The van der Waals surface area contributed by atoms with Crippen molar-refractivity contribution in [3.05, 3.63) is 60.3 Å². The van der Waals surface area contributed by atoms with Crippen molar-refractivity contribution >= 4 is 17.2 Å². The highest BCUT2D eigenvalue weighted by molar-refractivity contribution is 6.30. The molecule has 0 aliphatic rings. The van der Waals surface area contributed by atoms with E-state index in [9.17, 15) is 0 Å². The molecule has 3 aromatic heterocycles. The molecule has 0 N–H and O–H groups in total. The second kappa shape index (κ2) is 4.96. The van der Waals surface area contributed by atoms with Crippen molar-refractivity contribution < 1.29 is 0 Å². The lowest BCUT2D eigenvalue weighted by Crippen LogP contribution is -1.92. The van der Waals surface area contributed by atoms with Crippen molar-refractivity contribution in [3.8, 4) is 22.3 Å². The van der Waals surface area contributed by atoms with Gasteiger partial charge in [0.05, 0.1) is 6.20 Å². The fourth-order valence-electron chi connectivity index (χ4n) is 2.50. The summed E-state index contributed by atoms with van der Waals surface area (Å²) in [6.07, 6.45) is 7.32. The van der Waals surface area contributed by atoms with Gasteiger partial charge >= 0.3 is 0 Å². The number of fused-ring (bicyclic) bond motifs is 1. The van der Waals surface area contributed by atoms with E-state index in [4.69, 9.17) is 11.6 Å². The topological polar surface area (TPSA) is 48.0 Å². The van der Waals surface area contributed by atoms with Crippen LogP contribution in [0.4, 0.5) is 0 Å². The van der Waals surface area contributed by atoms with Gasteiger partial charge in [0.25, 0.3) is 0 Å². The largest absolute Gasteiger partial charge is 0.275 e. The van der Waals surface area contributed by atoms with E-state index in [-0.39, 0.29) is 0 Å². The first kappa shape index (κ1) is 13.0. The lowest BCUT2D eigenvalue weighted by atomic mass is 10.0. The van der Waals surface area contributed by atoms with Crippen molar-refractivity contribution in [2.24, 2.45) is 7.05 Å².